The average Bonchev–Trinajstić information content (AvgIpc) is 1.58. The van der Waals surface area contributed by atoms with E-state index in [1.807, 2.05) is 20.0 Å². The van der Waals surface area contributed by atoms with E-state index in [1.165, 1.54) is 43.4 Å². The lowest BCUT2D eigenvalue weighted by Crippen LogP contribution is -2.50. The van der Waals surface area contributed by atoms with Crippen LogP contribution in [0.2, 0.25) is 0 Å². The van der Waals surface area contributed by atoms with Gasteiger partial charge in [0, 0.05) is 93.3 Å². The van der Waals surface area contributed by atoms with Crippen molar-refractivity contribution in [1.82, 2.24) is 25.3 Å². The molecule has 0 spiro atoms. The molecule has 4 N–H and O–H groups in total. The summed E-state index contributed by atoms with van der Waals surface area (Å²) in [6.45, 7) is 11.0. The molecule has 1 unspecified atom stereocenters. The van der Waals surface area contributed by atoms with E-state index in [0.29, 0.717) is 146 Å². The summed E-state index contributed by atoms with van der Waals surface area (Å²) in [5.41, 5.74) is 3.80. The molecule has 0 bridgehead atoms. The predicted molar refractivity (Wildman–Crippen MR) is 367 cm³/mol. The van der Waals surface area contributed by atoms with Gasteiger partial charge in [0.1, 0.15) is 6.61 Å². The van der Waals surface area contributed by atoms with E-state index in [0.717, 1.165) is 20.9 Å². The fourth-order valence-electron chi connectivity index (χ4n) is 11.1. The second kappa shape index (κ2) is 41.1. The highest BCUT2D eigenvalue weighted by atomic mass is 16.6. The van der Waals surface area contributed by atoms with Gasteiger partial charge >= 0.3 is 6.09 Å². The number of imide groups is 1. The molecule has 5 aliphatic rings. The summed E-state index contributed by atoms with van der Waals surface area (Å²) in [4.78, 5) is 125. The van der Waals surface area contributed by atoms with Crippen molar-refractivity contribution in [2.45, 2.75) is 84.2 Å². The maximum absolute atomic E-state index is 14.2. The molecule has 5 aliphatic heterocycles. The molecule has 8 rings (SSSR count). The van der Waals surface area contributed by atoms with Crippen molar-refractivity contribution in [2.24, 2.45) is 10.9 Å². The number of rotatable bonds is 46. The van der Waals surface area contributed by atoms with Gasteiger partial charge in [0.2, 0.25) is 17.7 Å². The highest BCUT2D eigenvalue weighted by Crippen LogP contribution is 2.43. The first-order chi connectivity index (χ1) is 49.4. The number of benzene rings is 3. The second-order valence-corrected chi connectivity index (χ2v) is 24.1. The van der Waals surface area contributed by atoms with Gasteiger partial charge in [0.05, 0.1) is 174 Å². The monoisotopic (exact) mass is 1420 g/mol. The van der Waals surface area contributed by atoms with Crippen LogP contribution in [0.15, 0.2) is 89.2 Å². The molecule has 0 fully saturated rings. The lowest BCUT2D eigenvalue weighted by Gasteiger charge is -2.31. The first-order valence-electron chi connectivity index (χ1n) is 33.9. The van der Waals surface area contributed by atoms with Crippen LogP contribution in [-0.2, 0) is 78.0 Å². The number of hydrogen-bond acceptors (Lipinski definition) is 24. The molecule has 0 aliphatic carbocycles. The minimum atomic E-state index is -1.54. The molecule has 0 saturated heterocycles. The Bertz CT molecular complexity index is 3490. The topological polar surface area (TPSA) is 355 Å². The molecule has 31 heteroatoms. The first kappa shape index (κ1) is 78.5. The molecule has 0 radical (unpaired) electrons. The zero-order valence-corrected chi connectivity index (χ0v) is 58.3. The van der Waals surface area contributed by atoms with Gasteiger partial charge in [-0.2, -0.15) is 0 Å². The van der Waals surface area contributed by atoms with Gasteiger partial charge in [-0.25, -0.2) is 9.69 Å². The number of hydrogen-bond donors (Lipinski definition) is 4. The molecule has 0 aromatic heterocycles. The molecule has 5 heterocycles. The van der Waals surface area contributed by atoms with Gasteiger partial charge in [0.25, 0.3) is 23.6 Å². The highest BCUT2D eigenvalue weighted by Gasteiger charge is 2.45. The number of aliphatic hydroxyl groups is 1. The fraction of sp³-hybridized carbons (Fsp3) is 0.521. The van der Waals surface area contributed by atoms with Crippen molar-refractivity contribution in [3.8, 4) is 23.0 Å². The Balaban J connectivity index is 0.630. The maximum Gasteiger partial charge on any atom is 0.416 e. The summed E-state index contributed by atoms with van der Waals surface area (Å²) in [5, 5.41) is 20.0. The SMILES string of the molecule is COc1cc2c(cc1OCCCOc1cc3c(cc1OC)C(=O)N1C=C(C)C[C@H]1[C@H](O)N3C(=O)OCc1ccc(NC(=O)[C@H](C)CC(=O)CNC(=O)CCOCCOCCOCCOCCOCCOCCOCCOCCNC(=O)CCN3C(=O)C=CC3=O)cc1)N=CC1CC(C)=CN1C2=O. The standard InChI is InChI=1S/C71H92N8O23/c1-47-35-52-42-73-56-40-61(59(90-4)38-54(56)68(86)77(52)44-47)100-17-6-18-101-62-41-57-55(39-60(62)91-5)69(87)78-45-48(2)36-58(78)70(88)79(57)71(89)102-46-50-7-9-51(10-8-50)75-67(85)49(3)37-53(80)43-74-64(82)14-19-92-21-23-94-25-27-96-29-31-98-33-34-99-32-30-97-28-26-95-24-22-93-20-15-72-63(81)13-16-76-65(83)11-12-66(76)84/h7-12,38-42,44-45,49,52,58,70,88H,6,13-37,43,46H2,1-5H3,(H,72,81)(H,74,82)(H,75,85)/t49-,52?,58+,70+/m1/s1. The fourth-order valence-corrected chi connectivity index (χ4v) is 11.1. The maximum atomic E-state index is 14.2. The summed E-state index contributed by atoms with van der Waals surface area (Å²) in [6, 6.07) is 11.7. The second-order valence-electron chi connectivity index (χ2n) is 24.1. The van der Waals surface area contributed by atoms with E-state index in [9.17, 15) is 48.3 Å². The summed E-state index contributed by atoms with van der Waals surface area (Å²) in [6.07, 6.45) is 6.38. The van der Waals surface area contributed by atoms with Gasteiger partial charge in [-0.15, -0.1) is 0 Å². The summed E-state index contributed by atoms with van der Waals surface area (Å²) in [5.74, 6) is -2.53. The van der Waals surface area contributed by atoms with Crippen molar-refractivity contribution in [3.05, 3.63) is 101 Å². The Morgan fingerprint density at radius 1 is 0.598 bits per heavy atom. The molecule has 3 aromatic carbocycles. The smallest absolute Gasteiger partial charge is 0.416 e. The van der Waals surface area contributed by atoms with Gasteiger partial charge in [-0.05, 0) is 56.5 Å². The zero-order chi connectivity index (χ0) is 72.8. The minimum Gasteiger partial charge on any atom is -0.493 e. The Hall–Kier alpha value is -9.18. The largest absolute Gasteiger partial charge is 0.493 e. The highest BCUT2D eigenvalue weighted by molar-refractivity contribution is 6.13. The first-order valence-corrected chi connectivity index (χ1v) is 33.9. The van der Waals surface area contributed by atoms with Crippen molar-refractivity contribution >= 4 is 76.5 Å². The Labute approximate surface area is 591 Å². The average molecular weight is 1430 g/mol. The number of Topliss-reactive ketones (excluding diaryl/α,β-unsaturated/α-hetero) is 1. The summed E-state index contributed by atoms with van der Waals surface area (Å²) >= 11 is 0. The van der Waals surface area contributed by atoms with Crippen LogP contribution < -0.4 is 39.8 Å². The van der Waals surface area contributed by atoms with Crippen LogP contribution in [0.1, 0.15) is 85.6 Å². The molecule has 0 saturated carbocycles. The van der Waals surface area contributed by atoms with Gasteiger partial charge in [0.15, 0.2) is 35.0 Å². The lowest BCUT2D eigenvalue weighted by atomic mass is 10.0. The number of anilines is 2. The number of methoxy groups -OCH3 is 2. The third-order valence-electron chi connectivity index (χ3n) is 16.4. The number of nitrogens with zero attached hydrogens (tertiary/aromatic N) is 5. The van der Waals surface area contributed by atoms with E-state index in [4.69, 9.17) is 61.6 Å². The number of aliphatic hydroxyl groups excluding tert-OH is 1. The quantitative estimate of drug-likeness (QED) is 0.0444. The van der Waals surface area contributed by atoms with E-state index < -0.39 is 47.9 Å². The molecular formula is C71H92N8O23. The third-order valence-corrected chi connectivity index (χ3v) is 16.4. The molecule has 31 nitrogen and oxygen atoms in total. The number of carbonyl (C=O) groups is 9. The number of nitrogens with one attached hydrogen (secondary N) is 3. The van der Waals surface area contributed by atoms with E-state index in [1.54, 1.807) is 60.6 Å². The zero-order valence-electron chi connectivity index (χ0n) is 58.3. The van der Waals surface area contributed by atoms with Crippen LogP contribution in [0.4, 0.5) is 21.9 Å². The van der Waals surface area contributed by atoms with E-state index in [2.05, 4.69) is 20.9 Å². The number of carbonyl (C=O) groups excluding carboxylic acids is 9. The number of ether oxygens (including phenoxy) is 13. The van der Waals surface area contributed by atoms with Crippen LogP contribution in [0.3, 0.4) is 0 Å². The molecule has 4 atom stereocenters. The lowest BCUT2D eigenvalue weighted by molar-refractivity contribution is -0.137. The molecule has 554 valence electrons. The molecular weight excluding hydrogens is 1330 g/mol. The van der Waals surface area contributed by atoms with Crippen molar-refractivity contribution < 1.29 is 110 Å². The number of fused-ring (bicyclic) bond motifs is 4. The number of aliphatic imine (C=N–C) groups is 1. The van der Waals surface area contributed by atoms with E-state index >= 15 is 0 Å². The Kier molecular flexibility index (Phi) is 31.6. The normalized spacial score (nSPS) is 16.9. The van der Waals surface area contributed by atoms with Crippen molar-refractivity contribution in [1.29, 1.82) is 0 Å². The van der Waals surface area contributed by atoms with Gasteiger partial charge in [-0.3, -0.25) is 48.2 Å². The van der Waals surface area contributed by atoms with E-state index in [-0.39, 0.29) is 124 Å². The predicted octanol–water partition coefficient (Wildman–Crippen LogP) is 4.58. The molecule has 8 amide bonds. The third kappa shape index (κ3) is 23.7. The van der Waals surface area contributed by atoms with Crippen molar-refractivity contribution in [3.63, 3.8) is 0 Å². The molecule has 3 aromatic rings. The summed E-state index contributed by atoms with van der Waals surface area (Å²) < 4.78 is 73.2. The number of ketones is 1. The van der Waals surface area contributed by atoms with Crippen LogP contribution in [0.5, 0.6) is 23.0 Å². The van der Waals surface area contributed by atoms with Gasteiger partial charge in [-0.1, -0.05) is 30.2 Å². The van der Waals surface area contributed by atoms with Crippen LogP contribution in [-0.4, -0.2) is 250 Å². The minimum absolute atomic E-state index is 0.0214. The Morgan fingerprint density at radius 2 is 1.12 bits per heavy atom. The van der Waals surface area contributed by atoms with Crippen molar-refractivity contribution in [2.75, 3.05) is 163 Å². The van der Waals surface area contributed by atoms with Crippen LogP contribution in [0.25, 0.3) is 0 Å². The number of amides is 8. The molecule has 102 heavy (non-hydrogen) atoms. The van der Waals surface area contributed by atoms with Crippen LogP contribution >= 0.6 is 0 Å². The summed E-state index contributed by atoms with van der Waals surface area (Å²) in [7, 11) is 2.91. The van der Waals surface area contributed by atoms with Gasteiger partial charge < -0.3 is 92.4 Å². The Morgan fingerprint density at radius 3 is 1.71 bits per heavy atom. The van der Waals surface area contributed by atoms with Crippen LogP contribution in [0, 0.1) is 5.92 Å².